The maximum absolute atomic E-state index is 5.29. The Morgan fingerprint density at radius 2 is 2.29 bits per heavy atom. The second-order valence-electron chi connectivity index (χ2n) is 4.96. The Balaban J connectivity index is 1.84. The summed E-state index contributed by atoms with van der Waals surface area (Å²) >= 11 is 0. The molecular formula is C15H19NO. The molecule has 1 aromatic rings. The van der Waals surface area contributed by atoms with E-state index in [4.69, 9.17) is 4.74 Å². The first-order chi connectivity index (χ1) is 8.36. The SMILES string of the molecule is COc1cccc(C2=CC[C@H]3CCCN3C2)c1. The van der Waals surface area contributed by atoms with Gasteiger partial charge in [-0.15, -0.1) is 0 Å². The number of fused-ring (bicyclic) bond motifs is 1. The zero-order chi connectivity index (χ0) is 11.7. The highest BCUT2D eigenvalue weighted by molar-refractivity contribution is 5.69. The van der Waals surface area contributed by atoms with Crippen LogP contribution in [0.2, 0.25) is 0 Å². The maximum Gasteiger partial charge on any atom is 0.119 e. The van der Waals surface area contributed by atoms with Gasteiger partial charge in [0.25, 0.3) is 0 Å². The highest BCUT2D eigenvalue weighted by Gasteiger charge is 2.27. The molecule has 0 bridgehead atoms. The van der Waals surface area contributed by atoms with Crippen LogP contribution in [-0.4, -0.2) is 31.1 Å². The largest absolute Gasteiger partial charge is 0.497 e. The first-order valence-electron chi connectivity index (χ1n) is 6.44. The molecule has 0 amide bonds. The number of methoxy groups -OCH3 is 1. The van der Waals surface area contributed by atoms with E-state index in [0.29, 0.717) is 0 Å². The van der Waals surface area contributed by atoms with Crippen LogP contribution in [0.4, 0.5) is 0 Å². The summed E-state index contributed by atoms with van der Waals surface area (Å²) in [6.07, 6.45) is 6.37. The molecule has 2 aliphatic heterocycles. The van der Waals surface area contributed by atoms with Crippen molar-refractivity contribution in [1.29, 1.82) is 0 Å². The van der Waals surface area contributed by atoms with E-state index in [1.54, 1.807) is 7.11 Å². The fraction of sp³-hybridized carbons (Fsp3) is 0.467. The number of ether oxygens (including phenoxy) is 1. The molecule has 2 nitrogen and oxygen atoms in total. The molecule has 0 spiro atoms. The van der Waals surface area contributed by atoms with Crippen molar-refractivity contribution in [3.05, 3.63) is 35.9 Å². The normalized spacial score (nSPS) is 24.3. The van der Waals surface area contributed by atoms with Crippen LogP contribution in [0.3, 0.4) is 0 Å². The Bertz CT molecular complexity index is 438. The van der Waals surface area contributed by atoms with E-state index >= 15 is 0 Å². The second kappa shape index (κ2) is 4.53. The van der Waals surface area contributed by atoms with Crippen molar-refractivity contribution in [1.82, 2.24) is 4.90 Å². The molecule has 0 aliphatic carbocycles. The fourth-order valence-electron chi connectivity index (χ4n) is 2.96. The van der Waals surface area contributed by atoms with Crippen LogP contribution in [0.1, 0.15) is 24.8 Å². The molecule has 0 radical (unpaired) electrons. The third-order valence-electron chi connectivity index (χ3n) is 3.95. The predicted molar refractivity (Wildman–Crippen MR) is 70.2 cm³/mol. The Morgan fingerprint density at radius 3 is 3.18 bits per heavy atom. The molecule has 17 heavy (non-hydrogen) atoms. The van der Waals surface area contributed by atoms with Crippen molar-refractivity contribution in [2.24, 2.45) is 0 Å². The summed E-state index contributed by atoms with van der Waals surface area (Å²) in [7, 11) is 1.73. The monoisotopic (exact) mass is 229 g/mol. The lowest BCUT2D eigenvalue weighted by Crippen LogP contribution is -2.33. The van der Waals surface area contributed by atoms with E-state index < -0.39 is 0 Å². The van der Waals surface area contributed by atoms with E-state index in [9.17, 15) is 0 Å². The van der Waals surface area contributed by atoms with Crippen molar-refractivity contribution in [3.8, 4) is 5.75 Å². The number of nitrogens with zero attached hydrogens (tertiary/aromatic N) is 1. The standard InChI is InChI=1S/C15H19NO/c1-17-15-6-2-4-12(10-15)13-7-8-14-5-3-9-16(14)11-13/h2,4,6-7,10,14H,3,5,8-9,11H2,1H3/t14-/m1/s1. The molecule has 1 fully saturated rings. The zero-order valence-electron chi connectivity index (χ0n) is 10.4. The lowest BCUT2D eigenvalue weighted by atomic mass is 9.97. The van der Waals surface area contributed by atoms with Crippen LogP contribution in [0.5, 0.6) is 5.75 Å². The van der Waals surface area contributed by atoms with Crippen molar-refractivity contribution in [3.63, 3.8) is 0 Å². The summed E-state index contributed by atoms with van der Waals surface area (Å²) in [5, 5.41) is 0. The lowest BCUT2D eigenvalue weighted by molar-refractivity contribution is 0.277. The molecule has 1 saturated heterocycles. The summed E-state index contributed by atoms with van der Waals surface area (Å²) in [5.74, 6) is 0.951. The molecular weight excluding hydrogens is 210 g/mol. The molecule has 90 valence electrons. The van der Waals surface area contributed by atoms with Crippen LogP contribution < -0.4 is 4.74 Å². The maximum atomic E-state index is 5.29. The molecule has 2 heteroatoms. The van der Waals surface area contributed by atoms with Crippen molar-refractivity contribution >= 4 is 5.57 Å². The molecule has 1 atom stereocenters. The van der Waals surface area contributed by atoms with Gasteiger partial charge in [0.05, 0.1) is 7.11 Å². The molecule has 0 saturated carbocycles. The highest BCUT2D eigenvalue weighted by atomic mass is 16.5. The summed E-state index contributed by atoms with van der Waals surface area (Å²) in [6.45, 7) is 2.38. The van der Waals surface area contributed by atoms with E-state index in [0.717, 1.165) is 18.3 Å². The number of hydrogen-bond acceptors (Lipinski definition) is 2. The summed E-state index contributed by atoms with van der Waals surface area (Å²) in [6, 6.07) is 9.22. The minimum atomic E-state index is 0.810. The van der Waals surface area contributed by atoms with Gasteiger partial charge in [-0.2, -0.15) is 0 Å². The third-order valence-corrected chi connectivity index (χ3v) is 3.95. The summed E-state index contributed by atoms with van der Waals surface area (Å²) in [4.78, 5) is 2.62. The highest BCUT2D eigenvalue weighted by Crippen LogP contribution is 2.31. The number of hydrogen-bond donors (Lipinski definition) is 0. The summed E-state index contributed by atoms with van der Waals surface area (Å²) in [5.41, 5.74) is 2.77. The first kappa shape index (κ1) is 10.8. The van der Waals surface area contributed by atoms with Gasteiger partial charge in [0.1, 0.15) is 5.75 Å². The van der Waals surface area contributed by atoms with Crippen LogP contribution >= 0.6 is 0 Å². The number of rotatable bonds is 2. The average molecular weight is 229 g/mol. The fourth-order valence-corrected chi connectivity index (χ4v) is 2.96. The van der Waals surface area contributed by atoms with Crippen LogP contribution in [0.25, 0.3) is 5.57 Å². The Hall–Kier alpha value is -1.28. The van der Waals surface area contributed by atoms with E-state index in [1.165, 1.54) is 36.9 Å². The smallest absolute Gasteiger partial charge is 0.119 e. The molecule has 0 unspecified atom stereocenters. The van der Waals surface area contributed by atoms with Gasteiger partial charge in [0, 0.05) is 12.6 Å². The van der Waals surface area contributed by atoms with Gasteiger partial charge in [0.15, 0.2) is 0 Å². The predicted octanol–water partition coefficient (Wildman–Crippen LogP) is 2.95. The van der Waals surface area contributed by atoms with Gasteiger partial charge >= 0.3 is 0 Å². The van der Waals surface area contributed by atoms with Crippen molar-refractivity contribution in [2.75, 3.05) is 20.2 Å². The zero-order valence-corrected chi connectivity index (χ0v) is 10.4. The van der Waals surface area contributed by atoms with Gasteiger partial charge in [0.2, 0.25) is 0 Å². The van der Waals surface area contributed by atoms with Crippen LogP contribution in [0, 0.1) is 0 Å². The molecule has 2 heterocycles. The van der Waals surface area contributed by atoms with Gasteiger partial charge in [-0.25, -0.2) is 0 Å². The molecule has 0 aromatic heterocycles. The molecule has 0 N–H and O–H groups in total. The minimum absolute atomic E-state index is 0.810. The van der Waals surface area contributed by atoms with Gasteiger partial charge in [-0.05, 0) is 49.1 Å². The average Bonchev–Trinajstić information content (AvgIpc) is 2.86. The molecule has 3 rings (SSSR count). The lowest BCUT2D eigenvalue weighted by Gasteiger charge is -2.29. The van der Waals surface area contributed by atoms with Crippen molar-refractivity contribution < 1.29 is 4.74 Å². The number of benzene rings is 1. The van der Waals surface area contributed by atoms with E-state index in [1.807, 2.05) is 6.07 Å². The third kappa shape index (κ3) is 2.09. The topological polar surface area (TPSA) is 12.5 Å². The van der Waals surface area contributed by atoms with E-state index in [-0.39, 0.29) is 0 Å². The van der Waals surface area contributed by atoms with Crippen LogP contribution in [-0.2, 0) is 0 Å². The minimum Gasteiger partial charge on any atom is -0.497 e. The Kier molecular flexibility index (Phi) is 2.89. The molecule has 2 aliphatic rings. The Morgan fingerprint density at radius 1 is 1.35 bits per heavy atom. The van der Waals surface area contributed by atoms with Crippen molar-refractivity contribution in [2.45, 2.75) is 25.3 Å². The van der Waals surface area contributed by atoms with Gasteiger partial charge in [-0.1, -0.05) is 18.2 Å². The van der Waals surface area contributed by atoms with Gasteiger partial charge < -0.3 is 4.74 Å². The summed E-state index contributed by atoms with van der Waals surface area (Å²) < 4.78 is 5.29. The van der Waals surface area contributed by atoms with Crippen LogP contribution in [0.15, 0.2) is 30.3 Å². The molecule has 1 aromatic carbocycles. The second-order valence-corrected chi connectivity index (χ2v) is 4.96. The quantitative estimate of drug-likeness (QED) is 0.773. The van der Waals surface area contributed by atoms with E-state index in [2.05, 4.69) is 29.2 Å². The Labute approximate surface area is 103 Å². The first-order valence-corrected chi connectivity index (χ1v) is 6.44. The van der Waals surface area contributed by atoms with Gasteiger partial charge in [-0.3, -0.25) is 4.90 Å².